The second kappa shape index (κ2) is 5.19. The van der Waals surface area contributed by atoms with Crippen molar-refractivity contribution in [2.24, 2.45) is 11.1 Å². The first-order valence-electron chi connectivity index (χ1n) is 6.09. The molecule has 4 N–H and O–H groups in total. The van der Waals surface area contributed by atoms with Crippen LogP contribution in [0.4, 0.5) is 5.69 Å². The number of phenolic OH excluding ortho intramolecular Hbond substituents is 1. The van der Waals surface area contributed by atoms with Gasteiger partial charge in [0.05, 0.1) is 15.5 Å². The molecule has 1 aliphatic carbocycles. The summed E-state index contributed by atoms with van der Waals surface area (Å²) in [5.41, 5.74) is 5.88. The predicted octanol–water partition coefficient (Wildman–Crippen LogP) is 3.16. The minimum atomic E-state index is -0.573. The summed E-state index contributed by atoms with van der Waals surface area (Å²) in [6, 6.07) is 2.78. The first kappa shape index (κ1) is 14.4. The lowest BCUT2D eigenvalue weighted by Crippen LogP contribution is -2.44. The molecule has 0 spiro atoms. The zero-order valence-corrected chi connectivity index (χ0v) is 12.1. The zero-order chi connectivity index (χ0) is 14.2. The minimum absolute atomic E-state index is 0.101. The Labute approximate surface area is 121 Å². The molecule has 6 heteroatoms. The summed E-state index contributed by atoms with van der Waals surface area (Å²) < 4.78 is 0. The Morgan fingerprint density at radius 2 is 2.05 bits per heavy atom. The number of nitrogens with two attached hydrogens (primary N) is 1. The SMILES string of the molecule is CC1(C(=O)Nc2cc(Cl)c(O)c(Cl)c2)CCCC1N. The first-order valence-corrected chi connectivity index (χ1v) is 6.85. The van der Waals surface area contributed by atoms with Crippen LogP contribution in [0.1, 0.15) is 26.2 Å². The normalized spacial score (nSPS) is 26.4. The molecule has 2 rings (SSSR count). The molecule has 1 aromatic rings. The van der Waals surface area contributed by atoms with Crippen LogP contribution in [0.25, 0.3) is 0 Å². The number of amides is 1. The minimum Gasteiger partial charge on any atom is -0.505 e. The highest BCUT2D eigenvalue weighted by Gasteiger charge is 2.42. The van der Waals surface area contributed by atoms with E-state index in [9.17, 15) is 9.90 Å². The third kappa shape index (κ3) is 2.66. The number of aromatic hydroxyl groups is 1. The molecule has 0 aromatic heterocycles. The lowest BCUT2D eigenvalue weighted by molar-refractivity contribution is -0.125. The van der Waals surface area contributed by atoms with Gasteiger partial charge in [0.1, 0.15) is 0 Å². The molecule has 104 valence electrons. The Hall–Kier alpha value is -0.970. The monoisotopic (exact) mass is 302 g/mol. The number of halogens is 2. The third-order valence-corrected chi connectivity index (χ3v) is 4.40. The maximum Gasteiger partial charge on any atom is 0.231 e. The molecule has 2 unspecified atom stereocenters. The largest absolute Gasteiger partial charge is 0.505 e. The molecule has 1 amide bonds. The maximum atomic E-state index is 12.3. The van der Waals surface area contributed by atoms with Gasteiger partial charge >= 0.3 is 0 Å². The van der Waals surface area contributed by atoms with Crippen LogP contribution in [0, 0.1) is 5.41 Å². The van der Waals surface area contributed by atoms with Gasteiger partial charge in [-0.25, -0.2) is 0 Å². The van der Waals surface area contributed by atoms with Crippen molar-refractivity contribution >= 4 is 34.8 Å². The van der Waals surface area contributed by atoms with E-state index in [0.29, 0.717) is 5.69 Å². The van der Waals surface area contributed by atoms with Gasteiger partial charge in [-0.2, -0.15) is 0 Å². The van der Waals surface area contributed by atoms with E-state index in [0.717, 1.165) is 19.3 Å². The second-order valence-corrected chi connectivity index (χ2v) is 5.97. The van der Waals surface area contributed by atoms with E-state index >= 15 is 0 Å². The van der Waals surface area contributed by atoms with Crippen LogP contribution in [0.2, 0.25) is 10.0 Å². The smallest absolute Gasteiger partial charge is 0.231 e. The highest BCUT2D eigenvalue weighted by atomic mass is 35.5. The molecule has 0 saturated heterocycles. The van der Waals surface area contributed by atoms with E-state index in [2.05, 4.69) is 5.32 Å². The lowest BCUT2D eigenvalue weighted by Gasteiger charge is -2.27. The molecule has 0 radical (unpaired) electrons. The van der Waals surface area contributed by atoms with Gasteiger partial charge in [-0.1, -0.05) is 29.6 Å². The van der Waals surface area contributed by atoms with E-state index in [1.165, 1.54) is 12.1 Å². The van der Waals surface area contributed by atoms with E-state index < -0.39 is 5.41 Å². The van der Waals surface area contributed by atoms with Crippen LogP contribution >= 0.6 is 23.2 Å². The number of rotatable bonds is 2. The average Bonchev–Trinajstić information content (AvgIpc) is 2.68. The van der Waals surface area contributed by atoms with Crippen LogP contribution in [0.5, 0.6) is 5.75 Å². The standard InChI is InChI=1S/C13H16Cl2N2O2/c1-13(4-2-3-10(13)16)12(19)17-7-5-8(14)11(18)9(15)6-7/h5-6,10,18H,2-4,16H2,1H3,(H,17,19). The fourth-order valence-electron chi connectivity index (χ4n) is 2.39. The summed E-state index contributed by atoms with van der Waals surface area (Å²) in [7, 11) is 0. The number of hydrogen-bond donors (Lipinski definition) is 3. The Bertz CT molecular complexity index is 498. The van der Waals surface area contributed by atoms with Crippen LogP contribution in [-0.4, -0.2) is 17.1 Å². The van der Waals surface area contributed by atoms with Gasteiger partial charge in [-0.15, -0.1) is 0 Å². The summed E-state index contributed by atoms with van der Waals surface area (Å²) >= 11 is 11.6. The van der Waals surface area contributed by atoms with Crippen molar-refractivity contribution in [1.82, 2.24) is 0 Å². The molecule has 19 heavy (non-hydrogen) atoms. The van der Waals surface area contributed by atoms with Crippen molar-refractivity contribution in [2.75, 3.05) is 5.32 Å². The number of carbonyl (C=O) groups excluding carboxylic acids is 1. The molecule has 1 aliphatic rings. The number of hydrogen-bond acceptors (Lipinski definition) is 3. The summed E-state index contributed by atoms with van der Waals surface area (Å²) in [5.74, 6) is -0.333. The molecule has 0 heterocycles. The maximum absolute atomic E-state index is 12.3. The van der Waals surface area contributed by atoms with Crippen molar-refractivity contribution in [2.45, 2.75) is 32.2 Å². The van der Waals surface area contributed by atoms with E-state index in [-0.39, 0.29) is 27.7 Å². The van der Waals surface area contributed by atoms with Crippen molar-refractivity contribution in [3.05, 3.63) is 22.2 Å². The average molecular weight is 303 g/mol. The van der Waals surface area contributed by atoms with Gasteiger partial charge in [0.25, 0.3) is 0 Å². The van der Waals surface area contributed by atoms with Gasteiger partial charge in [0.15, 0.2) is 5.75 Å². The first-order chi connectivity index (χ1) is 8.84. The lowest BCUT2D eigenvalue weighted by atomic mass is 9.84. The van der Waals surface area contributed by atoms with Crippen LogP contribution in [0.15, 0.2) is 12.1 Å². The summed E-state index contributed by atoms with van der Waals surface area (Å²) in [4.78, 5) is 12.3. The fourth-order valence-corrected chi connectivity index (χ4v) is 2.87. The van der Waals surface area contributed by atoms with Crippen LogP contribution in [-0.2, 0) is 4.79 Å². The van der Waals surface area contributed by atoms with Gasteiger partial charge in [0, 0.05) is 11.7 Å². The quantitative estimate of drug-likeness (QED) is 0.735. The highest BCUT2D eigenvalue weighted by Crippen LogP contribution is 2.39. The van der Waals surface area contributed by atoms with Crippen molar-refractivity contribution in [3.63, 3.8) is 0 Å². The molecule has 0 bridgehead atoms. The molecular weight excluding hydrogens is 287 g/mol. The molecule has 1 saturated carbocycles. The van der Waals surface area contributed by atoms with E-state index in [1.54, 1.807) is 0 Å². The Morgan fingerprint density at radius 1 is 1.47 bits per heavy atom. The molecule has 4 nitrogen and oxygen atoms in total. The predicted molar refractivity (Wildman–Crippen MR) is 76.7 cm³/mol. The summed E-state index contributed by atoms with van der Waals surface area (Å²) in [6.45, 7) is 1.86. The number of carbonyl (C=O) groups is 1. The number of benzene rings is 1. The van der Waals surface area contributed by atoms with Gasteiger partial charge < -0.3 is 16.2 Å². The Balaban J connectivity index is 2.20. The highest BCUT2D eigenvalue weighted by molar-refractivity contribution is 6.37. The molecule has 0 aliphatic heterocycles. The zero-order valence-electron chi connectivity index (χ0n) is 10.5. The van der Waals surface area contributed by atoms with Gasteiger partial charge in [-0.05, 0) is 31.9 Å². The molecule has 2 atom stereocenters. The number of nitrogens with one attached hydrogen (secondary N) is 1. The van der Waals surface area contributed by atoms with E-state index in [1.807, 2.05) is 6.92 Å². The molecule has 1 aromatic carbocycles. The van der Waals surface area contributed by atoms with Crippen molar-refractivity contribution in [3.8, 4) is 5.75 Å². The Kier molecular flexibility index (Phi) is 3.95. The van der Waals surface area contributed by atoms with Crippen LogP contribution < -0.4 is 11.1 Å². The Morgan fingerprint density at radius 3 is 2.53 bits per heavy atom. The summed E-state index contributed by atoms with van der Waals surface area (Å²) in [5, 5.41) is 12.4. The molecular formula is C13H16Cl2N2O2. The fraction of sp³-hybridized carbons (Fsp3) is 0.462. The van der Waals surface area contributed by atoms with Gasteiger partial charge in [0.2, 0.25) is 5.91 Å². The van der Waals surface area contributed by atoms with Crippen molar-refractivity contribution in [1.29, 1.82) is 0 Å². The molecule has 1 fully saturated rings. The summed E-state index contributed by atoms with van der Waals surface area (Å²) in [6.07, 6.45) is 2.56. The van der Waals surface area contributed by atoms with E-state index in [4.69, 9.17) is 28.9 Å². The van der Waals surface area contributed by atoms with Crippen molar-refractivity contribution < 1.29 is 9.90 Å². The number of phenols is 1. The third-order valence-electron chi connectivity index (χ3n) is 3.82. The topological polar surface area (TPSA) is 75.3 Å². The van der Waals surface area contributed by atoms with Crippen LogP contribution in [0.3, 0.4) is 0 Å². The number of anilines is 1. The second-order valence-electron chi connectivity index (χ2n) is 5.16. The van der Waals surface area contributed by atoms with Gasteiger partial charge in [-0.3, -0.25) is 4.79 Å².